The molecule has 0 aliphatic carbocycles. The number of amides is 1. The van der Waals surface area contributed by atoms with Crippen LogP contribution in [0.3, 0.4) is 0 Å². The summed E-state index contributed by atoms with van der Waals surface area (Å²) in [6.45, 7) is 3.86. The van der Waals surface area contributed by atoms with Crippen LogP contribution in [-0.4, -0.2) is 20.4 Å². The van der Waals surface area contributed by atoms with Gasteiger partial charge in [0, 0.05) is 18.3 Å². The first-order valence-electron chi connectivity index (χ1n) is 9.64. The zero-order chi connectivity index (χ0) is 21.7. The Kier molecular flexibility index (Phi) is 4.68. The predicted molar refractivity (Wildman–Crippen MR) is 127 cm³/mol. The van der Waals surface area contributed by atoms with E-state index in [-0.39, 0.29) is 11.5 Å². The number of rotatable bonds is 3. The van der Waals surface area contributed by atoms with Gasteiger partial charge in [0.1, 0.15) is 9.84 Å². The lowest BCUT2D eigenvalue weighted by atomic mass is 10.2. The van der Waals surface area contributed by atoms with Crippen LogP contribution in [0.1, 0.15) is 20.8 Å². The number of fused-ring (bicyclic) bond motifs is 2. The van der Waals surface area contributed by atoms with Crippen LogP contribution in [0.5, 0.6) is 0 Å². The first-order chi connectivity index (χ1) is 14.9. The molecular weight excluding hydrogens is 428 g/mol. The van der Waals surface area contributed by atoms with Crippen LogP contribution in [0.2, 0.25) is 0 Å². The lowest BCUT2D eigenvalue weighted by molar-refractivity contribution is 0.103. The van der Waals surface area contributed by atoms with Crippen LogP contribution < -0.4 is 10.9 Å². The summed E-state index contributed by atoms with van der Waals surface area (Å²) in [6.07, 6.45) is 1.48. The van der Waals surface area contributed by atoms with Crippen LogP contribution in [0, 0.1) is 13.8 Å². The first kappa shape index (κ1) is 19.6. The Morgan fingerprint density at radius 1 is 1.06 bits per heavy atom. The van der Waals surface area contributed by atoms with E-state index in [1.807, 2.05) is 30.3 Å². The molecule has 1 amide bonds. The van der Waals surface area contributed by atoms with Crippen molar-refractivity contribution in [3.05, 3.63) is 75.1 Å². The normalized spacial score (nSPS) is 11.3. The number of carbonyl (C=O) groups excluding carboxylic acids is 1. The highest BCUT2D eigenvalue weighted by Crippen LogP contribution is 2.32. The van der Waals surface area contributed by atoms with Crippen molar-refractivity contribution in [1.29, 1.82) is 0 Å². The number of hydrogen-bond acceptors (Lipinski definition) is 6. The molecule has 0 fully saturated rings. The summed E-state index contributed by atoms with van der Waals surface area (Å²) < 4.78 is 2.58. The van der Waals surface area contributed by atoms with Gasteiger partial charge in [-0.2, -0.15) is 0 Å². The standard InChI is InChI=1S/C23H18N4O2S2/c1-12-4-9-16-17(10-12)30-21(26-16)14-5-7-15(8-6-14)25-20(28)19-13(2)18-22(31-19)24-11-27(3)23(18)29/h4-11H,1-3H3,(H,25,28). The van der Waals surface area contributed by atoms with Gasteiger partial charge in [0.2, 0.25) is 0 Å². The second-order valence-corrected chi connectivity index (χ2v) is 9.45. The number of anilines is 1. The summed E-state index contributed by atoms with van der Waals surface area (Å²) in [5.74, 6) is -0.245. The van der Waals surface area contributed by atoms with Crippen molar-refractivity contribution in [2.45, 2.75) is 13.8 Å². The highest BCUT2D eigenvalue weighted by Gasteiger charge is 2.19. The van der Waals surface area contributed by atoms with Crippen LogP contribution >= 0.6 is 22.7 Å². The molecule has 0 spiro atoms. The molecule has 0 aliphatic rings. The first-order valence-corrected chi connectivity index (χ1v) is 11.3. The Bertz CT molecular complexity index is 1530. The Hall–Kier alpha value is -3.36. The van der Waals surface area contributed by atoms with E-state index in [0.717, 1.165) is 20.8 Å². The summed E-state index contributed by atoms with van der Waals surface area (Å²) in [6, 6.07) is 13.9. The number of carbonyl (C=O) groups is 1. The van der Waals surface area contributed by atoms with E-state index in [2.05, 4.69) is 29.4 Å². The number of benzene rings is 2. The SMILES string of the molecule is Cc1ccc2nc(-c3ccc(NC(=O)c4sc5ncn(C)c(=O)c5c4C)cc3)sc2c1. The molecule has 0 unspecified atom stereocenters. The van der Waals surface area contributed by atoms with Crippen LogP contribution in [-0.2, 0) is 7.05 Å². The molecule has 0 aliphatic heterocycles. The van der Waals surface area contributed by atoms with E-state index in [9.17, 15) is 9.59 Å². The minimum Gasteiger partial charge on any atom is -0.321 e. The fraction of sp³-hybridized carbons (Fsp3) is 0.130. The van der Waals surface area contributed by atoms with E-state index in [1.54, 1.807) is 25.3 Å². The number of thiazole rings is 1. The van der Waals surface area contributed by atoms with Gasteiger partial charge in [-0.25, -0.2) is 9.97 Å². The molecule has 3 aromatic heterocycles. The summed E-state index contributed by atoms with van der Waals surface area (Å²) in [5.41, 5.74) is 4.40. The van der Waals surface area contributed by atoms with E-state index >= 15 is 0 Å². The van der Waals surface area contributed by atoms with Gasteiger partial charge in [-0.15, -0.1) is 22.7 Å². The van der Waals surface area contributed by atoms with Gasteiger partial charge in [0.05, 0.1) is 26.8 Å². The molecule has 5 rings (SSSR count). The van der Waals surface area contributed by atoms with E-state index in [4.69, 9.17) is 4.98 Å². The molecule has 2 aromatic carbocycles. The molecule has 31 heavy (non-hydrogen) atoms. The topological polar surface area (TPSA) is 76.9 Å². The van der Waals surface area contributed by atoms with Crippen LogP contribution in [0.15, 0.2) is 53.6 Å². The van der Waals surface area contributed by atoms with Crippen molar-refractivity contribution in [3.63, 3.8) is 0 Å². The lowest BCUT2D eigenvalue weighted by Gasteiger charge is -2.05. The minimum absolute atomic E-state index is 0.145. The van der Waals surface area contributed by atoms with Gasteiger partial charge >= 0.3 is 0 Å². The average molecular weight is 447 g/mol. The molecule has 0 saturated heterocycles. The van der Waals surface area contributed by atoms with Gasteiger partial charge in [0.15, 0.2) is 0 Å². The summed E-state index contributed by atoms with van der Waals surface area (Å²) in [5, 5.41) is 4.37. The van der Waals surface area contributed by atoms with Crippen molar-refractivity contribution < 1.29 is 4.79 Å². The molecular formula is C23H18N4O2S2. The molecule has 6 nitrogen and oxygen atoms in total. The van der Waals surface area contributed by atoms with Crippen LogP contribution in [0.25, 0.3) is 31.0 Å². The third kappa shape index (κ3) is 3.43. The van der Waals surface area contributed by atoms with Crippen molar-refractivity contribution in [1.82, 2.24) is 14.5 Å². The zero-order valence-electron chi connectivity index (χ0n) is 17.1. The van der Waals surface area contributed by atoms with Gasteiger partial charge in [-0.3, -0.25) is 9.59 Å². The molecule has 0 atom stereocenters. The molecule has 5 aromatic rings. The van der Waals surface area contributed by atoms with Gasteiger partial charge in [-0.05, 0) is 61.4 Å². The molecule has 8 heteroatoms. The minimum atomic E-state index is -0.245. The van der Waals surface area contributed by atoms with Crippen molar-refractivity contribution in [2.24, 2.45) is 7.05 Å². The Morgan fingerprint density at radius 2 is 1.84 bits per heavy atom. The molecule has 0 bridgehead atoms. The number of nitrogens with one attached hydrogen (secondary N) is 1. The zero-order valence-corrected chi connectivity index (χ0v) is 18.7. The highest BCUT2D eigenvalue weighted by molar-refractivity contribution is 7.21. The fourth-order valence-electron chi connectivity index (χ4n) is 3.46. The number of thiophene rings is 1. The molecule has 0 radical (unpaired) electrons. The summed E-state index contributed by atoms with van der Waals surface area (Å²) >= 11 is 2.89. The van der Waals surface area contributed by atoms with E-state index in [0.29, 0.717) is 26.3 Å². The summed E-state index contributed by atoms with van der Waals surface area (Å²) in [4.78, 5) is 35.3. The fourth-order valence-corrected chi connectivity index (χ4v) is 5.57. The Morgan fingerprint density at radius 3 is 2.61 bits per heavy atom. The lowest BCUT2D eigenvalue weighted by Crippen LogP contribution is -2.17. The summed E-state index contributed by atoms with van der Waals surface area (Å²) in [7, 11) is 1.65. The van der Waals surface area contributed by atoms with Gasteiger partial charge in [-0.1, -0.05) is 6.07 Å². The monoisotopic (exact) mass is 446 g/mol. The van der Waals surface area contributed by atoms with Crippen LogP contribution in [0.4, 0.5) is 5.69 Å². The smallest absolute Gasteiger partial charge is 0.266 e. The van der Waals surface area contributed by atoms with Crippen molar-refractivity contribution in [3.8, 4) is 10.6 Å². The third-order valence-corrected chi connectivity index (χ3v) is 7.42. The second kappa shape index (κ2) is 7.40. The Labute approximate surface area is 185 Å². The van der Waals surface area contributed by atoms with Crippen molar-refractivity contribution >= 4 is 54.7 Å². The number of aromatic nitrogens is 3. The number of aryl methyl sites for hydroxylation is 3. The maximum absolute atomic E-state index is 12.9. The number of nitrogens with zero attached hydrogens (tertiary/aromatic N) is 3. The molecule has 154 valence electrons. The quantitative estimate of drug-likeness (QED) is 0.416. The highest BCUT2D eigenvalue weighted by atomic mass is 32.1. The third-order valence-electron chi connectivity index (χ3n) is 5.15. The van der Waals surface area contributed by atoms with Gasteiger partial charge in [0.25, 0.3) is 11.5 Å². The maximum Gasteiger partial charge on any atom is 0.266 e. The predicted octanol–water partition coefficient (Wildman–Crippen LogP) is 5.14. The molecule has 3 heterocycles. The van der Waals surface area contributed by atoms with E-state index < -0.39 is 0 Å². The largest absolute Gasteiger partial charge is 0.321 e. The molecule has 0 saturated carbocycles. The van der Waals surface area contributed by atoms with Gasteiger partial charge < -0.3 is 9.88 Å². The second-order valence-electron chi connectivity index (χ2n) is 7.42. The average Bonchev–Trinajstić information content (AvgIpc) is 3.32. The number of hydrogen-bond donors (Lipinski definition) is 1. The van der Waals surface area contributed by atoms with E-state index in [1.165, 1.54) is 27.8 Å². The Balaban J connectivity index is 1.41. The van der Waals surface area contributed by atoms with Crippen molar-refractivity contribution in [2.75, 3.05) is 5.32 Å². The maximum atomic E-state index is 12.9. The molecule has 1 N–H and O–H groups in total.